The van der Waals surface area contributed by atoms with Crippen LogP contribution in [0.5, 0.6) is 5.75 Å². The van der Waals surface area contributed by atoms with Crippen LogP contribution in [-0.4, -0.2) is 94.1 Å². The third kappa shape index (κ3) is 5.48. The number of likely N-dealkylation sites (N-methyl/N-ethyl adjacent to an activating group) is 1. The van der Waals surface area contributed by atoms with Gasteiger partial charge in [-0.25, -0.2) is 13.2 Å². The number of piperidine rings is 1. The molecule has 3 heterocycles. The van der Waals surface area contributed by atoms with Gasteiger partial charge >= 0.3 is 6.09 Å². The van der Waals surface area contributed by atoms with E-state index in [1.165, 1.54) is 30.3 Å². The van der Waals surface area contributed by atoms with E-state index in [-0.39, 0.29) is 39.6 Å². The zero-order valence-corrected chi connectivity index (χ0v) is 26.8. The second-order valence-electron chi connectivity index (χ2n) is 11.8. The molecule has 11 nitrogen and oxygen atoms in total. The molecule has 0 aliphatic carbocycles. The lowest BCUT2D eigenvalue weighted by atomic mass is 9.85. The van der Waals surface area contributed by atoms with Crippen molar-refractivity contribution in [2.24, 2.45) is 0 Å². The van der Waals surface area contributed by atoms with Crippen LogP contribution in [0.4, 0.5) is 10.5 Å². The van der Waals surface area contributed by atoms with Crippen molar-refractivity contribution in [3.05, 3.63) is 89.5 Å². The molecular weight excluding hydrogens is 606 g/mol. The van der Waals surface area contributed by atoms with Gasteiger partial charge in [0.05, 0.1) is 34.4 Å². The smallest absolute Gasteiger partial charge is 0.411 e. The van der Waals surface area contributed by atoms with E-state index in [1.54, 1.807) is 54.3 Å². The van der Waals surface area contributed by atoms with Gasteiger partial charge in [0.15, 0.2) is 0 Å². The summed E-state index contributed by atoms with van der Waals surface area (Å²) in [7, 11) is -2.35. The molecule has 2 saturated heterocycles. The van der Waals surface area contributed by atoms with Crippen molar-refractivity contribution in [2.45, 2.75) is 36.3 Å². The Morgan fingerprint density at radius 2 is 1.61 bits per heavy atom. The summed E-state index contributed by atoms with van der Waals surface area (Å²) >= 11 is 0. The topological polar surface area (TPSA) is 123 Å². The Bertz CT molecular complexity index is 1760. The molecule has 0 saturated carbocycles. The van der Waals surface area contributed by atoms with E-state index < -0.39 is 27.6 Å². The number of hydrogen-bond acceptors (Lipinski definition) is 9. The lowest BCUT2D eigenvalue weighted by molar-refractivity contribution is -0.132. The van der Waals surface area contributed by atoms with E-state index in [0.29, 0.717) is 23.4 Å². The molecule has 0 bridgehead atoms. The fraction of sp³-hybridized carbons (Fsp3) is 0.382. The number of amides is 2. The highest BCUT2D eigenvalue weighted by Gasteiger charge is 2.61. The average molecular weight is 644 g/mol. The molecule has 0 aromatic heterocycles. The number of nitrogens with zero attached hydrogens (tertiary/aromatic N) is 5. The maximum atomic E-state index is 14.9. The van der Waals surface area contributed by atoms with Crippen molar-refractivity contribution in [1.29, 1.82) is 5.26 Å². The van der Waals surface area contributed by atoms with Gasteiger partial charge in [-0.1, -0.05) is 36.4 Å². The maximum absolute atomic E-state index is 14.9. The van der Waals surface area contributed by atoms with Crippen molar-refractivity contribution in [3.63, 3.8) is 0 Å². The van der Waals surface area contributed by atoms with Gasteiger partial charge < -0.3 is 19.3 Å². The number of para-hydroxylation sites is 1. The molecule has 1 unspecified atom stereocenters. The third-order valence-electron chi connectivity index (χ3n) is 9.07. The number of fused-ring (bicyclic) bond motifs is 1. The van der Waals surface area contributed by atoms with Crippen LogP contribution in [0.25, 0.3) is 0 Å². The number of nitriles is 1. The Balaban J connectivity index is 1.43. The molecule has 1 atom stereocenters. The van der Waals surface area contributed by atoms with Crippen LogP contribution in [0.1, 0.15) is 36.5 Å². The molecule has 2 fully saturated rings. The van der Waals surface area contributed by atoms with Crippen LogP contribution in [0.15, 0.2) is 77.7 Å². The van der Waals surface area contributed by atoms with Gasteiger partial charge in [0.25, 0.3) is 15.9 Å². The third-order valence-corrected chi connectivity index (χ3v) is 10.8. The van der Waals surface area contributed by atoms with E-state index in [4.69, 9.17) is 9.47 Å². The number of benzene rings is 3. The fourth-order valence-electron chi connectivity index (χ4n) is 6.62. The van der Waals surface area contributed by atoms with Crippen LogP contribution in [0.3, 0.4) is 0 Å². The molecule has 46 heavy (non-hydrogen) atoms. The molecule has 0 radical (unpaired) electrons. The summed E-state index contributed by atoms with van der Waals surface area (Å²) < 4.78 is 41.2. The summed E-state index contributed by atoms with van der Waals surface area (Å²) in [6.07, 6.45) is 0.751. The van der Waals surface area contributed by atoms with E-state index in [1.807, 2.05) is 0 Å². The van der Waals surface area contributed by atoms with Gasteiger partial charge in [-0.15, -0.1) is 0 Å². The van der Waals surface area contributed by atoms with E-state index in [2.05, 4.69) is 22.9 Å². The molecule has 2 amide bonds. The highest BCUT2D eigenvalue weighted by Crippen LogP contribution is 2.52. The van der Waals surface area contributed by atoms with Gasteiger partial charge in [0.2, 0.25) is 5.60 Å². The molecule has 3 aromatic rings. The molecular formula is C34H37N5O6S. The van der Waals surface area contributed by atoms with E-state index in [9.17, 15) is 23.3 Å². The monoisotopic (exact) mass is 643 g/mol. The van der Waals surface area contributed by atoms with Gasteiger partial charge in [-0.2, -0.15) is 9.57 Å². The number of carbonyl (C=O) groups excluding carboxylic acids is 2. The summed E-state index contributed by atoms with van der Waals surface area (Å²) in [6.45, 7) is 6.81. The second-order valence-corrected chi connectivity index (χ2v) is 13.6. The number of sulfonamides is 1. The Morgan fingerprint density at radius 1 is 0.935 bits per heavy atom. The first-order chi connectivity index (χ1) is 22.2. The van der Waals surface area contributed by atoms with Gasteiger partial charge in [0.1, 0.15) is 5.75 Å². The summed E-state index contributed by atoms with van der Waals surface area (Å²) in [4.78, 5) is 35.2. The van der Waals surface area contributed by atoms with Crippen molar-refractivity contribution >= 4 is 27.7 Å². The maximum Gasteiger partial charge on any atom is 0.411 e. The van der Waals surface area contributed by atoms with E-state index >= 15 is 0 Å². The quantitative estimate of drug-likeness (QED) is 0.379. The van der Waals surface area contributed by atoms with Gasteiger partial charge in [-0.05, 0) is 63.2 Å². The first-order valence-electron chi connectivity index (χ1n) is 15.5. The minimum absolute atomic E-state index is 0.000675. The van der Waals surface area contributed by atoms with Crippen LogP contribution >= 0.6 is 0 Å². The Kier molecular flexibility index (Phi) is 8.74. The van der Waals surface area contributed by atoms with Crippen molar-refractivity contribution < 1.29 is 27.5 Å². The predicted molar refractivity (Wildman–Crippen MR) is 171 cm³/mol. The molecule has 3 aromatic carbocycles. The summed E-state index contributed by atoms with van der Waals surface area (Å²) in [6, 6.07) is 20.9. The van der Waals surface area contributed by atoms with Crippen LogP contribution in [0.2, 0.25) is 0 Å². The normalized spacial score (nSPS) is 21.1. The lowest BCUT2D eigenvalue weighted by Crippen LogP contribution is -2.54. The summed E-state index contributed by atoms with van der Waals surface area (Å²) in [5.74, 6) is -0.735. The number of ether oxygens (including phenoxy) is 2. The number of hydrogen-bond donors (Lipinski definition) is 0. The van der Waals surface area contributed by atoms with Gasteiger partial charge in [0, 0.05) is 50.9 Å². The highest BCUT2D eigenvalue weighted by atomic mass is 32.2. The first kappa shape index (κ1) is 31.5. The predicted octanol–water partition coefficient (Wildman–Crippen LogP) is 3.78. The molecule has 0 spiro atoms. The number of piperazine rings is 1. The molecule has 240 valence electrons. The minimum Gasteiger partial charge on any atom is -0.493 e. The SMILES string of the molecule is CCOc1ccccc1C1(OC(=O)N2CCC(N3CCN(C)CC3)CC2)C(=O)N(S(=O)(=O)c2ccccc2)c2ccc(C#N)cc21. The summed E-state index contributed by atoms with van der Waals surface area (Å²) in [5.41, 5.74) is -1.83. The Morgan fingerprint density at radius 3 is 2.28 bits per heavy atom. The first-order valence-corrected chi connectivity index (χ1v) is 17.0. The van der Waals surface area contributed by atoms with Crippen LogP contribution in [-0.2, 0) is 25.2 Å². The Hall–Kier alpha value is -4.44. The standard InChI is InChI=1S/C34H37N5O6S/c1-3-44-31-12-8-7-11-28(31)34(45-33(41)38-17-15-26(16-18-38)37-21-19-36(2)20-22-37)29-23-25(24-35)13-14-30(29)39(32(34)40)46(42,43)27-9-5-4-6-10-27/h4-14,23,26H,3,15-22H2,1-2H3. The summed E-state index contributed by atoms with van der Waals surface area (Å²) in [5, 5.41) is 9.84. The number of carbonyl (C=O) groups is 2. The van der Waals surface area contributed by atoms with E-state index in [0.717, 1.165) is 39.0 Å². The Labute approximate surface area is 269 Å². The number of likely N-dealkylation sites (tertiary alicyclic amines) is 1. The lowest BCUT2D eigenvalue weighted by Gasteiger charge is -2.42. The fourth-order valence-corrected chi connectivity index (χ4v) is 8.09. The molecule has 3 aliphatic rings. The van der Waals surface area contributed by atoms with Crippen LogP contribution < -0.4 is 9.04 Å². The van der Waals surface area contributed by atoms with Gasteiger partial charge in [-0.3, -0.25) is 9.69 Å². The molecule has 0 N–H and O–H groups in total. The average Bonchev–Trinajstić information content (AvgIpc) is 3.33. The van der Waals surface area contributed by atoms with Crippen molar-refractivity contribution in [3.8, 4) is 11.8 Å². The second kappa shape index (κ2) is 12.7. The number of anilines is 1. The largest absolute Gasteiger partial charge is 0.493 e. The number of rotatable bonds is 7. The molecule has 12 heteroatoms. The zero-order valence-electron chi connectivity index (χ0n) is 26.0. The minimum atomic E-state index is -4.46. The highest BCUT2D eigenvalue weighted by molar-refractivity contribution is 7.93. The van der Waals surface area contributed by atoms with Crippen molar-refractivity contribution in [1.82, 2.24) is 14.7 Å². The van der Waals surface area contributed by atoms with Crippen LogP contribution in [0, 0.1) is 11.3 Å². The molecule has 6 rings (SSSR count). The molecule has 3 aliphatic heterocycles. The zero-order chi connectivity index (χ0) is 32.5. The van der Waals surface area contributed by atoms with Crippen molar-refractivity contribution in [2.75, 3.05) is 57.2 Å².